The summed E-state index contributed by atoms with van der Waals surface area (Å²) in [4.78, 5) is 25.0. The van der Waals surface area contributed by atoms with Crippen LogP contribution in [0, 0.1) is 5.92 Å². The highest BCUT2D eigenvalue weighted by atomic mass is 16.6. The molecule has 0 aromatic rings. The molecule has 1 aliphatic rings. The first-order chi connectivity index (χ1) is 7.74. The van der Waals surface area contributed by atoms with Gasteiger partial charge in [-0.25, -0.2) is 9.59 Å². The van der Waals surface area contributed by atoms with Gasteiger partial charge in [0.15, 0.2) is 0 Å². The quantitative estimate of drug-likeness (QED) is 0.659. The minimum Gasteiger partial charge on any atom is -0.467 e. The zero-order valence-electron chi connectivity index (χ0n) is 11.1. The highest BCUT2D eigenvalue weighted by Crippen LogP contribution is 2.25. The molecule has 1 fully saturated rings. The molecule has 2 atom stereocenters. The Morgan fingerprint density at radius 1 is 1.29 bits per heavy atom. The number of carbonyl (C=O) groups is 2. The van der Waals surface area contributed by atoms with Crippen LogP contribution < -0.4 is 0 Å². The number of hydrogen-bond acceptors (Lipinski definition) is 4. The van der Waals surface area contributed by atoms with Crippen LogP contribution in [0.1, 0.15) is 34.1 Å². The van der Waals surface area contributed by atoms with Gasteiger partial charge in [-0.15, -0.1) is 0 Å². The summed E-state index contributed by atoms with van der Waals surface area (Å²) in [6, 6.07) is -0.509. The first kappa shape index (κ1) is 13.8. The maximum atomic E-state index is 11.9. The molecule has 0 bridgehead atoms. The van der Waals surface area contributed by atoms with Crippen LogP contribution in [0.15, 0.2) is 0 Å². The van der Waals surface area contributed by atoms with E-state index in [-0.39, 0.29) is 11.9 Å². The number of carbonyl (C=O) groups excluding carboxylic acids is 2. The van der Waals surface area contributed by atoms with Crippen molar-refractivity contribution in [2.24, 2.45) is 5.92 Å². The third-order valence-electron chi connectivity index (χ3n) is 2.61. The first-order valence-corrected chi connectivity index (χ1v) is 5.82. The van der Waals surface area contributed by atoms with E-state index in [1.165, 1.54) is 12.0 Å². The summed E-state index contributed by atoms with van der Waals surface area (Å²) in [5.74, 6) is -0.0909. The summed E-state index contributed by atoms with van der Waals surface area (Å²) < 4.78 is 9.98. The molecule has 0 aromatic heterocycles. The van der Waals surface area contributed by atoms with Gasteiger partial charge in [-0.05, 0) is 33.1 Å². The molecule has 0 saturated carbocycles. The maximum Gasteiger partial charge on any atom is 0.411 e. The smallest absolute Gasteiger partial charge is 0.411 e. The van der Waals surface area contributed by atoms with Crippen LogP contribution in [0.2, 0.25) is 0 Å². The van der Waals surface area contributed by atoms with E-state index in [1.807, 2.05) is 6.92 Å². The number of nitrogens with zero attached hydrogens (tertiary/aromatic N) is 1. The molecule has 98 valence electrons. The highest BCUT2D eigenvalue weighted by Gasteiger charge is 2.40. The molecule has 1 aliphatic heterocycles. The zero-order valence-corrected chi connectivity index (χ0v) is 11.1. The average Bonchev–Trinajstić information content (AvgIpc) is 2.56. The fourth-order valence-electron chi connectivity index (χ4n) is 1.93. The van der Waals surface area contributed by atoms with Gasteiger partial charge in [0.25, 0.3) is 0 Å². The van der Waals surface area contributed by atoms with Crippen LogP contribution in [0.3, 0.4) is 0 Å². The van der Waals surface area contributed by atoms with Crippen molar-refractivity contribution in [1.82, 2.24) is 4.90 Å². The molecule has 0 spiro atoms. The number of ether oxygens (including phenoxy) is 2. The van der Waals surface area contributed by atoms with E-state index in [0.29, 0.717) is 13.0 Å². The van der Waals surface area contributed by atoms with Crippen molar-refractivity contribution in [3.8, 4) is 0 Å². The molecule has 1 rings (SSSR count). The maximum absolute atomic E-state index is 11.9. The van der Waals surface area contributed by atoms with Crippen molar-refractivity contribution in [3.63, 3.8) is 0 Å². The lowest BCUT2D eigenvalue weighted by atomic mass is 10.1. The number of amides is 1. The van der Waals surface area contributed by atoms with E-state index in [0.717, 1.165) is 0 Å². The summed E-state index contributed by atoms with van der Waals surface area (Å²) in [6.45, 7) is 7.95. The van der Waals surface area contributed by atoms with Crippen molar-refractivity contribution < 1.29 is 19.1 Å². The van der Waals surface area contributed by atoms with E-state index in [2.05, 4.69) is 0 Å². The molecule has 0 aliphatic carbocycles. The standard InChI is InChI=1S/C12H21NO4/c1-8-6-9(10(14)16-5)13(7-8)11(15)17-12(2,3)4/h8-9H,6-7H2,1-5H3/t8?,9-/m0/s1. The summed E-state index contributed by atoms with van der Waals surface area (Å²) in [5, 5.41) is 0. The van der Waals surface area contributed by atoms with E-state index in [9.17, 15) is 9.59 Å². The molecule has 0 aromatic carbocycles. The lowest BCUT2D eigenvalue weighted by Crippen LogP contribution is -2.43. The molecule has 0 radical (unpaired) electrons. The SMILES string of the molecule is COC(=O)[C@@H]1CC(C)CN1C(=O)OC(C)(C)C. The molecular formula is C12H21NO4. The first-order valence-electron chi connectivity index (χ1n) is 5.82. The van der Waals surface area contributed by atoms with Crippen LogP contribution in [0.4, 0.5) is 4.79 Å². The number of hydrogen-bond donors (Lipinski definition) is 0. The fourth-order valence-corrected chi connectivity index (χ4v) is 1.93. The minimum atomic E-state index is -0.552. The molecule has 5 nitrogen and oxygen atoms in total. The molecule has 1 heterocycles. The summed E-state index contributed by atoms with van der Waals surface area (Å²) in [6.07, 6.45) is 0.184. The Balaban J connectivity index is 2.73. The predicted octanol–water partition coefficient (Wildman–Crippen LogP) is 1.80. The van der Waals surface area contributed by atoms with Crippen LogP contribution in [0.25, 0.3) is 0 Å². The van der Waals surface area contributed by atoms with Gasteiger partial charge in [-0.3, -0.25) is 4.90 Å². The second-order valence-corrected chi connectivity index (χ2v) is 5.51. The van der Waals surface area contributed by atoms with Crippen molar-refractivity contribution in [3.05, 3.63) is 0 Å². The number of methoxy groups -OCH3 is 1. The lowest BCUT2D eigenvalue weighted by Gasteiger charge is -2.27. The Labute approximate surface area is 102 Å². The molecule has 5 heteroatoms. The summed E-state index contributed by atoms with van der Waals surface area (Å²) in [5.41, 5.74) is -0.552. The highest BCUT2D eigenvalue weighted by molar-refractivity contribution is 5.82. The third-order valence-corrected chi connectivity index (χ3v) is 2.61. The van der Waals surface area contributed by atoms with Crippen molar-refractivity contribution in [1.29, 1.82) is 0 Å². The second kappa shape index (κ2) is 4.94. The van der Waals surface area contributed by atoms with E-state index < -0.39 is 17.7 Å². The van der Waals surface area contributed by atoms with Crippen molar-refractivity contribution in [2.75, 3.05) is 13.7 Å². The molecule has 17 heavy (non-hydrogen) atoms. The second-order valence-electron chi connectivity index (χ2n) is 5.51. The zero-order chi connectivity index (χ0) is 13.2. The van der Waals surface area contributed by atoms with Gasteiger partial charge in [0.05, 0.1) is 7.11 Å². The van der Waals surface area contributed by atoms with E-state index >= 15 is 0 Å². The molecule has 0 N–H and O–H groups in total. The average molecular weight is 243 g/mol. The number of esters is 1. The largest absolute Gasteiger partial charge is 0.467 e. The Kier molecular flexibility index (Phi) is 4.01. The topological polar surface area (TPSA) is 55.8 Å². The summed E-state index contributed by atoms with van der Waals surface area (Å²) in [7, 11) is 1.33. The number of likely N-dealkylation sites (tertiary alicyclic amines) is 1. The molecule has 1 amide bonds. The Morgan fingerprint density at radius 2 is 1.88 bits per heavy atom. The van der Waals surface area contributed by atoms with E-state index in [4.69, 9.17) is 9.47 Å². The van der Waals surface area contributed by atoms with Gasteiger partial charge >= 0.3 is 12.1 Å². The third kappa shape index (κ3) is 3.61. The van der Waals surface area contributed by atoms with Gasteiger partial charge in [0.2, 0.25) is 0 Å². The number of rotatable bonds is 1. The van der Waals surface area contributed by atoms with Gasteiger partial charge in [0, 0.05) is 6.54 Å². The fraction of sp³-hybridized carbons (Fsp3) is 0.833. The van der Waals surface area contributed by atoms with Crippen LogP contribution in [-0.4, -0.2) is 42.3 Å². The minimum absolute atomic E-state index is 0.284. The van der Waals surface area contributed by atoms with Crippen LogP contribution in [0.5, 0.6) is 0 Å². The van der Waals surface area contributed by atoms with Gasteiger partial charge < -0.3 is 9.47 Å². The van der Waals surface area contributed by atoms with Crippen LogP contribution in [-0.2, 0) is 14.3 Å². The van der Waals surface area contributed by atoms with E-state index in [1.54, 1.807) is 20.8 Å². The van der Waals surface area contributed by atoms with Crippen LogP contribution >= 0.6 is 0 Å². The predicted molar refractivity (Wildman–Crippen MR) is 62.5 cm³/mol. The van der Waals surface area contributed by atoms with Gasteiger partial charge in [-0.2, -0.15) is 0 Å². The van der Waals surface area contributed by atoms with Crippen molar-refractivity contribution in [2.45, 2.75) is 45.8 Å². The lowest BCUT2D eigenvalue weighted by molar-refractivity contribution is -0.145. The normalized spacial score (nSPS) is 24.6. The Bertz CT molecular complexity index is 308. The summed E-state index contributed by atoms with van der Waals surface area (Å²) >= 11 is 0. The van der Waals surface area contributed by atoms with Crippen molar-refractivity contribution >= 4 is 12.1 Å². The monoisotopic (exact) mass is 243 g/mol. The van der Waals surface area contributed by atoms with Gasteiger partial charge in [0.1, 0.15) is 11.6 Å². The Morgan fingerprint density at radius 3 is 2.35 bits per heavy atom. The molecule has 1 unspecified atom stereocenters. The molecular weight excluding hydrogens is 222 g/mol. The van der Waals surface area contributed by atoms with Gasteiger partial charge in [-0.1, -0.05) is 6.92 Å². The molecule has 1 saturated heterocycles. The Hall–Kier alpha value is -1.26.